The minimum atomic E-state index is 0. The first-order chi connectivity index (χ1) is 2.27. The van der Waals surface area contributed by atoms with Crippen molar-refractivity contribution in [1.29, 1.82) is 0 Å². The quantitative estimate of drug-likeness (QED) is 0.482. The van der Waals surface area contributed by atoms with Crippen LogP contribution in [0, 0.1) is 5.92 Å². The van der Waals surface area contributed by atoms with Crippen LogP contribution in [0.5, 0.6) is 0 Å². The van der Waals surface area contributed by atoms with Gasteiger partial charge in [0.25, 0.3) is 0 Å². The van der Waals surface area contributed by atoms with Gasteiger partial charge in [0, 0.05) is 22.7 Å². The second-order valence-electron chi connectivity index (χ2n) is 1.38. The molecule has 0 aliphatic rings. The molecule has 0 aliphatic heterocycles. The van der Waals surface area contributed by atoms with Gasteiger partial charge in [0.1, 0.15) is 6.29 Å². The summed E-state index contributed by atoms with van der Waals surface area (Å²) in [6, 6.07) is 0. The number of carbonyl (C=O) groups is 1. The fourth-order valence-electron chi connectivity index (χ4n) is 0. The van der Waals surface area contributed by atoms with Crippen LogP contribution in [0.2, 0.25) is 0 Å². The molecule has 0 unspecified atom stereocenters. The van der Waals surface area contributed by atoms with Gasteiger partial charge in [0.15, 0.2) is 0 Å². The molecule has 0 aliphatic carbocycles. The molecular formula is C4H8CoO. The third kappa shape index (κ3) is 8.90. The third-order valence-electron chi connectivity index (χ3n) is 0.272. The first-order valence-electron chi connectivity index (χ1n) is 1.72. The molecule has 1 nitrogen and oxygen atoms in total. The van der Waals surface area contributed by atoms with Crippen LogP contribution in [0.25, 0.3) is 0 Å². The predicted molar refractivity (Wildman–Crippen MR) is 20.9 cm³/mol. The molecule has 2 heteroatoms. The standard InChI is InChI=1S/C4H8O.Co/c1-4(2)3-5;/h3-4H,1-2H3;. The summed E-state index contributed by atoms with van der Waals surface area (Å²) in [5.41, 5.74) is 0. The Morgan fingerprint density at radius 2 is 1.67 bits per heavy atom. The summed E-state index contributed by atoms with van der Waals surface area (Å²) in [5.74, 6) is 0.204. The molecule has 0 saturated heterocycles. The summed E-state index contributed by atoms with van der Waals surface area (Å²) in [6.45, 7) is 3.71. The minimum absolute atomic E-state index is 0. The summed E-state index contributed by atoms with van der Waals surface area (Å²) in [6.07, 6.45) is 0.917. The van der Waals surface area contributed by atoms with E-state index in [4.69, 9.17) is 0 Å². The van der Waals surface area contributed by atoms with Gasteiger partial charge in [-0.2, -0.15) is 0 Å². The Morgan fingerprint density at radius 1 is 1.50 bits per heavy atom. The maximum atomic E-state index is 9.50. The van der Waals surface area contributed by atoms with E-state index in [0.29, 0.717) is 0 Å². The molecule has 0 spiro atoms. The van der Waals surface area contributed by atoms with Crippen LogP contribution in [-0.4, -0.2) is 6.29 Å². The molecular weight excluding hydrogens is 123 g/mol. The van der Waals surface area contributed by atoms with Gasteiger partial charge in [-0.25, -0.2) is 0 Å². The van der Waals surface area contributed by atoms with E-state index in [1.165, 1.54) is 0 Å². The van der Waals surface area contributed by atoms with Crippen molar-refractivity contribution in [2.24, 2.45) is 5.92 Å². The summed E-state index contributed by atoms with van der Waals surface area (Å²) in [4.78, 5) is 9.50. The molecule has 0 rings (SSSR count). The van der Waals surface area contributed by atoms with E-state index in [0.717, 1.165) is 6.29 Å². The summed E-state index contributed by atoms with van der Waals surface area (Å²) >= 11 is 0. The zero-order chi connectivity index (χ0) is 4.28. The van der Waals surface area contributed by atoms with Crippen molar-refractivity contribution in [3.63, 3.8) is 0 Å². The van der Waals surface area contributed by atoms with Crippen molar-refractivity contribution in [2.75, 3.05) is 0 Å². The van der Waals surface area contributed by atoms with E-state index >= 15 is 0 Å². The van der Waals surface area contributed by atoms with E-state index in [1.54, 1.807) is 0 Å². The van der Waals surface area contributed by atoms with Crippen molar-refractivity contribution in [2.45, 2.75) is 13.8 Å². The van der Waals surface area contributed by atoms with Gasteiger partial charge in [-0.15, -0.1) is 0 Å². The van der Waals surface area contributed by atoms with E-state index in [2.05, 4.69) is 0 Å². The Labute approximate surface area is 48.3 Å². The monoisotopic (exact) mass is 131 g/mol. The molecule has 0 atom stereocenters. The van der Waals surface area contributed by atoms with Gasteiger partial charge in [-0.3, -0.25) is 0 Å². The Bertz CT molecular complexity index is 34.5. The number of rotatable bonds is 1. The molecule has 0 aromatic heterocycles. The Kier molecular flexibility index (Phi) is 8.19. The van der Waals surface area contributed by atoms with Crippen molar-refractivity contribution in [3.8, 4) is 0 Å². The van der Waals surface area contributed by atoms with E-state index in [-0.39, 0.29) is 22.7 Å². The second kappa shape index (κ2) is 5.18. The van der Waals surface area contributed by atoms with Crippen LogP contribution in [0.1, 0.15) is 13.8 Å². The molecule has 0 saturated carbocycles. The maximum absolute atomic E-state index is 9.50. The molecule has 0 bridgehead atoms. The molecule has 0 amide bonds. The first-order valence-corrected chi connectivity index (χ1v) is 1.72. The van der Waals surface area contributed by atoms with Crippen molar-refractivity contribution >= 4 is 6.29 Å². The smallest absolute Gasteiger partial charge is 0.122 e. The molecule has 0 N–H and O–H groups in total. The van der Waals surface area contributed by atoms with Gasteiger partial charge >= 0.3 is 0 Å². The minimum Gasteiger partial charge on any atom is -0.303 e. The van der Waals surface area contributed by atoms with Crippen LogP contribution >= 0.6 is 0 Å². The van der Waals surface area contributed by atoms with Crippen molar-refractivity contribution in [3.05, 3.63) is 0 Å². The van der Waals surface area contributed by atoms with Gasteiger partial charge in [-0.05, 0) is 0 Å². The second-order valence-corrected chi connectivity index (χ2v) is 1.38. The van der Waals surface area contributed by atoms with Crippen LogP contribution in [0.3, 0.4) is 0 Å². The number of carbonyl (C=O) groups excluding carboxylic acids is 1. The molecule has 0 aromatic carbocycles. The SMILES string of the molecule is CC(C)C=O.[Co]. The molecule has 6 heavy (non-hydrogen) atoms. The van der Waals surface area contributed by atoms with E-state index in [9.17, 15) is 4.79 Å². The molecule has 0 aromatic rings. The average Bonchev–Trinajstić information content (AvgIpc) is 1.38. The molecule has 0 heterocycles. The van der Waals surface area contributed by atoms with Crippen LogP contribution in [-0.2, 0) is 21.6 Å². The molecule has 39 valence electrons. The molecule has 0 fully saturated rings. The Morgan fingerprint density at radius 3 is 1.67 bits per heavy atom. The third-order valence-corrected chi connectivity index (χ3v) is 0.272. The van der Waals surface area contributed by atoms with Gasteiger partial charge in [0.2, 0.25) is 0 Å². The van der Waals surface area contributed by atoms with Gasteiger partial charge < -0.3 is 4.79 Å². The number of hydrogen-bond donors (Lipinski definition) is 0. The summed E-state index contributed by atoms with van der Waals surface area (Å²) in [7, 11) is 0. The van der Waals surface area contributed by atoms with Crippen LogP contribution in [0.4, 0.5) is 0 Å². The van der Waals surface area contributed by atoms with Crippen molar-refractivity contribution in [1.82, 2.24) is 0 Å². The number of aldehydes is 1. The molecule has 1 radical (unpaired) electrons. The zero-order valence-electron chi connectivity index (χ0n) is 3.90. The van der Waals surface area contributed by atoms with Crippen molar-refractivity contribution < 1.29 is 21.6 Å². The fourth-order valence-corrected chi connectivity index (χ4v) is 0. The van der Waals surface area contributed by atoms with Crippen LogP contribution < -0.4 is 0 Å². The number of hydrogen-bond acceptors (Lipinski definition) is 1. The maximum Gasteiger partial charge on any atom is 0.122 e. The Balaban J connectivity index is 0. The average molecular weight is 131 g/mol. The van der Waals surface area contributed by atoms with Gasteiger partial charge in [0.05, 0.1) is 0 Å². The topological polar surface area (TPSA) is 17.1 Å². The summed E-state index contributed by atoms with van der Waals surface area (Å²) in [5, 5.41) is 0. The normalized spacial score (nSPS) is 7.17. The largest absolute Gasteiger partial charge is 0.303 e. The van der Waals surface area contributed by atoms with Crippen LogP contribution in [0.15, 0.2) is 0 Å². The zero-order valence-corrected chi connectivity index (χ0v) is 4.94. The van der Waals surface area contributed by atoms with E-state index < -0.39 is 0 Å². The first kappa shape index (κ1) is 9.49. The Hall–Kier alpha value is 0.176. The predicted octanol–water partition coefficient (Wildman–Crippen LogP) is 0.839. The van der Waals surface area contributed by atoms with E-state index in [1.807, 2.05) is 13.8 Å². The fraction of sp³-hybridized carbons (Fsp3) is 0.750. The van der Waals surface area contributed by atoms with Gasteiger partial charge in [-0.1, -0.05) is 13.8 Å². The summed E-state index contributed by atoms with van der Waals surface area (Å²) < 4.78 is 0.